The molecule has 0 aromatic heterocycles. The van der Waals surface area contributed by atoms with Crippen molar-refractivity contribution in [3.05, 3.63) is 96.1 Å². The molecule has 3 heteroatoms. The third kappa shape index (κ3) is 5.76. The van der Waals surface area contributed by atoms with Crippen molar-refractivity contribution in [3.8, 4) is 11.5 Å². The fourth-order valence-corrected chi connectivity index (χ4v) is 1.88. The molecule has 0 aliphatic carbocycles. The maximum atomic E-state index is 12.9. The monoisotopic (exact) mass is 324 g/mol. The summed E-state index contributed by atoms with van der Waals surface area (Å²) in [4.78, 5) is 0. The summed E-state index contributed by atoms with van der Waals surface area (Å²) in [5.74, 6) is 1.62. The Hall–Kier alpha value is -2.81. The molecule has 0 radical (unpaired) electrons. The Morgan fingerprint density at radius 3 is 2.50 bits per heavy atom. The Labute approximate surface area is 142 Å². The molecule has 0 spiro atoms. The topological polar surface area (TPSA) is 18.5 Å². The first kappa shape index (κ1) is 17.5. The smallest absolute Gasteiger partial charge is 0.131 e. The van der Waals surface area contributed by atoms with Crippen molar-refractivity contribution in [2.75, 3.05) is 0 Å². The van der Waals surface area contributed by atoms with Crippen molar-refractivity contribution in [2.24, 2.45) is 0 Å². The van der Waals surface area contributed by atoms with Crippen LogP contribution in [0, 0.1) is 5.82 Å². The molecule has 0 N–H and O–H groups in total. The first-order valence-electron chi connectivity index (χ1n) is 7.72. The van der Waals surface area contributed by atoms with Crippen LogP contribution in [0.15, 0.2) is 84.7 Å². The summed E-state index contributed by atoms with van der Waals surface area (Å²) < 4.78 is 24.3. The summed E-state index contributed by atoms with van der Waals surface area (Å²) in [7, 11) is 0. The summed E-state index contributed by atoms with van der Waals surface area (Å²) in [5.41, 5.74) is 2.04. The molecular formula is C21H21FO2. The van der Waals surface area contributed by atoms with Crippen LogP contribution in [0.3, 0.4) is 0 Å². The van der Waals surface area contributed by atoms with E-state index < -0.39 is 0 Å². The van der Waals surface area contributed by atoms with Crippen molar-refractivity contribution in [2.45, 2.75) is 20.5 Å². The zero-order chi connectivity index (χ0) is 17.4. The van der Waals surface area contributed by atoms with Gasteiger partial charge in [0.2, 0.25) is 0 Å². The van der Waals surface area contributed by atoms with Crippen LogP contribution in [-0.2, 0) is 6.61 Å². The predicted octanol–water partition coefficient (Wildman–Crippen LogP) is 5.82. The van der Waals surface area contributed by atoms with Gasteiger partial charge in [0.05, 0.1) is 0 Å². The third-order valence-electron chi connectivity index (χ3n) is 3.36. The van der Waals surface area contributed by atoms with E-state index in [0.717, 1.165) is 11.1 Å². The fraction of sp³-hybridized carbons (Fsp3) is 0.143. The lowest BCUT2D eigenvalue weighted by molar-refractivity contribution is 0.304. The van der Waals surface area contributed by atoms with E-state index in [0.29, 0.717) is 23.9 Å². The average molecular weight is 324 g/mol. The molecule has 0 heterocycles. The molecule has 124 valence electrons. The molecule has 2 aromatic rings. The van der Waals surface area contributed by atoms with Crippen molar-refractivity contribution in [1.82, 2.24) is 0 Å². The molecule has 0 aliphatic rings. The molecule has 0 bridgehead atoms. The van der Waals surface area contributed by atoms with Crippen LogP contribution in [0.4, 0.5) is 4.39 Å². The van der Waals surface area contributed by atoms with E-state index in [1.165, 1.54) is 12.1 Å². The predicted molar refractivity (Wildman–Crippen MR) is 95.5 cm³/mol. The van der Waals surface area contributed by atoms with Gasteiger partial charge in [-0.1, -0.05) is 42.5 Å². The molecule has 2 aromatic carbocycles. The quantitative estimate of drug-likeness (QED) is 0.472. The van der Waals surface area contributed by atoms with Gasteiger partial charge in [-0.3, -0.25) is 0 Å². The molecule has 24 heavy (non-hydrogen) atoms. The second kappa shape index (κ2) is 8.73. The van der Waals surface area contributed by atoms with E-state index in [4.69, 9.17) is 9.47 Å². The minimum absolute atomic E-state index is 0.256. The standard InChI is InChI=1S/C21H21FO2/c1-4-16(2)8-9-17(3)24-21-7-5-6-20(14-21)23-15-18-10-12-19(22)13-11-18/h4-14H,3,15H2,1-2H3/b9-8-,16-4-. The number of ether oxygens (including phenoxy) is 2. The molecule has 0 saturated heterocycles. The van der Waals surface area contributed by atoms with Gasteiger partial charge in [-0.15, -0.1) is 0 Å². The molecule has 0 fully saturated rings. The van der Waals surface area contributed by atoms with Crippen LogP contribution < -0.4 is 9.47 Å². The number of benzene rings is 2. The van der Waals surface area contributed by atoms with E-state index in [2.05, 4.69) is 6.58 Å². The van der Waals surface area contributed by atoms with Gasteiger partial charge in [-0.25, -0.2) is 4.39 Å². The molecule has 0 saturated carbocycles. The van der Waals surface area contributed by atoms with E-state index in [1.54, 1.807) is 18.2 Å². The molecule has 0 atom stereocenters. The highest BCUT2D eigenvalue weighted by atomic mass is 19.1. The Morgan fingerprint density at radius 1 is 1.08 bits per heavy atom. The van der Waals surface area contributed by atoms with Crippen LogP contribution >= 0.6 is 0 Å². The lowest BCUT2D eigenvalue weighted by atomic mass is 10.2. The minimum Gasteiger partial charge on any atom is -0.489 e. The van der Waals surface area contributed by atoms with Crippen molar-refractivity contribution < 1.29 is 13.9 Å². The maximum absolute atomic E-state index is 12.9. The molecular weight excluding hydrogens is 303 g/mol. The Kier molecular flexibility index (Phi) is 6.38. The number of hydrogen-bond acceptors (Lipinski definition) is 2. The summed E-state index contributed by atoms with van der Waals surface area (Å²) in [5, 5.41) is 0. The summed E-state index contributed by atoms with van der Waals surface area (Å²) >= 11 is 0. The first-order chi connectivity index (χ1) is 11.6. The van der Waals surface area contributed by atoms with Gasteiger partial charge in [-0.2, -0.15) is 0 Å². The SMILES string of the molecule is C=C(/C=C\C(C)=C/C)Oc1cccc(OCc2ccc(F)cc2)c1. The van der Waals surface area contributed by atoms with Gasteiger partial charge < -0.3 is 9.47 Å². The van der Waals surface area contributed by atoms with Gasteiger partial charge >= 0.3 is 0 Å². The zero-order valence-electron chi connectivity index (χ0n) is 14.0. The van der Waals surface area contributed by atoms with Crippen LogP contribution in [0.2, 0.25) is 0 Å². The van der Waals surface area contributed by atoms with Crippen molar-refractivity contribution in [1.29, 1.82) is 0 Å². The Balaban J connectivity index is 1.94. The first-order valence-corrected chi connectivity index (χ1v) is 7.72. The molecule has 2 rings (SSSR count). The molecule has 0 unspecified atom stereocenters. The third-order valence-corrected chi connectivity index (χ3v) is 3.36. The number of halogens is 1. The van der Waals surface area contributed by atoms with Gasteiger partial charge in [0.1, 0.15) is 29.7 Å². The highest BCUT2D eigenvalue weighted by molar-refractivity contribution is 5.35. The average Bonchev–Trinajstić information content (AvgIpc) is 2.59. The van der Waals surface area contributed by atoms with E-state index >= 15 is 0 Å². The van der Waals surface area contributed by atoms with Crippen molar-refractivity contribution >= 4 is 0 Å². The van der Waals surface area contributed by atoms with Gasteiger partial charge in [-0.05, 0) is 49.8 Å². The maximum Gasteiger partial charge on any atom is 0.131 e. The normalized spacial score (nSPS) is 11.5. The molecule has 0 aliphatic heterocycles. The molecule has 0 amide bonds. The van der Waals surface area contributed by atoms with E-state index in [9.17, 15) is 4.39 Å². The largest absolute Gasteiger partial charge is 0.489 e. The van der Waals surface area contributed by atoms with Crippen LogP contribution in [-0.4, -0.2) is 0 Å². The summed E-state index contributed by atoms with van der Waals surface area (Å²) in [6, 6.07) is 13.6. The minimum atomic E-state index is -0.256. The second-order valence-corrected chi connectivity index (χ2v) is 5.32. The van der Waals surface area contributed by atoms with E-state index in [1.807, 2.05) is 50.3 Å². The van der Waals surface area contributed by atoms with E-state index in [-0.39, 0.29) is 5.82 Å². The Bertz CT molecular complexity index is 743. The van der Waals surface area contributed by atoms with Crippen molar-refractivity contribution in [3.63, 3.8) is 0 Å². The second-order valence-electron chi connectivity index (χ2n) is 5.32. The molecule has 2 nitrogen and oxygen atoms in total. The summed E-state index contributed by atoms with van der Waals surface area (Å²) in [6.07, 6.45) is 5.77. The van der Waals surface area contributed by atoms with Crippen LogP contribution in [0.25, 0.3) is 0 Å². The van der Waals surface area contributed by atoms with Crippen LogP contribution in [0.1, 0.15) is 19.4 Å². The lowest BCUT2D eigenvalue weighted by Crippen LogP contribution is -1.96. The summed E-state index contributed by atoms with van der Waals surface area (Å²) in [6.45, 7) is 8.23. The number of hydrogen-bond donors (Lipinski definition) is 0. The Morgan fingerprint density at radius 2 is 1.79 bits per heavy atom. The van der Waals surface area contributed by atoms with Gasteiger partial charge in [0.25, 0.3) is 0 Å². The highest BCUT2D eigenvalue weighted by Crippen LogP contribution is 2.22. The zero-order valence-corrected chi connectivity index (χ0v) is 14.0. The number of rotatable bonds is 7. The highest BCUT2D eigenvalue weighted by Gasteiger charge is 2.01. The lowest BCUT2D eigenvalue weighted by Gasteiger charge is -2.09. The van der Waals surface area contributed by atoms with Gasteiger partial charge in [0.15, 0.2) is 0 Å². The fourth-order valence-electron chi connectivity index (χ4n) is 1.88. The van der Waals surface area contributed by atoms with Gasteiger partial charge in [0, 0.05) is 6.07 Å². The number of allylic oxidation sites excluding steroid dienone is 4. The van der Waals surface area contributed by atoms with Crippen LogP contribution in [0.5, 0.6) is 11.5 Å².